The number of carboxylic acid groups (broad SMARTS) is 1. The Bertz CT molecular complexity index is 1510. The zero-order valence-corrected chi connectivity index (χ0v) is 24.0. The van der Waals surface area contributed by atoms with Gasteiger partial charge < -0.3 is 24.6 Å². The molecule has 12 heteroatoms. The maximum Gasteiger partial charge on any atom is 0.338 e. The summed E-state index contributed by atoms with van der Waals surface area (Å²) in [6.07, 6.45) is -0.0855. The first-order valence-electron chi connectivity index (χ1n) is 12.9. The lowest BCUT2D eigenvalue weighted by Crippen LogP contribution is -2.44. The van der Waals surface area contributed by atoms with E-state index in [4.69, 9.17) is 19.3 Å². The Kier molecular flexibility index (Phi) is 9.81. The Morgan fingerprint density at radius 1 is 0.976 bits per heavy atom. The van der Waals surface area contributed by atoms with Crippen molar-refractivity contribution >= 4 is 52.1 Å². The van der Waals surface area contributed by atoms with Crippen LogP contribution in [0.25, 0.3) is 0 Å². The van der Waals surface area contributed by atoms with Gasteiger partial charge in [0.05, 0.1) is 44.2 Å². The quantitative estimate of drug-likeness (QED) is 0.320. The third-order valence-electron chi connectivity index (χ3n) is 6.22. The van der Waals surface area contributed by atoms with Gasteiger partial charge in [-0.1, -0.05) is 17.8 Å². The molecule has 0 radical (unpaired) electrons. The van der Waals surface area contributed by atoms with Gasteiger partial charge in [0.15, 0.2) is 16.7 Å². The standard InChI is InChI=1S/C30H29N3O8S/c1-4-41-29(38)20-8-12-22(13-9-20)32-30-33(17-18-5-14-23(39-2)24(15-18)40-3)26(34)16-25(42-30)27(35)31-21-10-6-19(7-11-21)28(36)37/h5-15,25H,4,16-17H2,1-3H3,(H,31,35)(H,36,37)/t25-/m0/s1. The number of benzene rings is 3. The summed E-state index contributed by atoms with van der Waals surface area (Å²) in [5.74, 6) is -1.22. The van der Waals surface area contributed by atoms with Gasteiger partial charge in [-0.2, -0.15) is 0 Å². The molecule has 1 aliphatic heterocycles. The molecule has 3 aromatic rings. The number of amides is 2. The molecule has 0 unspecified atom stereocenters. The molecule has 42 heavy (non-hydrogen) atoms. The number of carboxylic acids is 1. The van der Waals surface area contributed by atoms with Gasteiger partial charge in [0.25, 0.3) is 0 Å². The maximum absolute atomic E-state index is 13.4. The number of aromatic carboxylic acids is 1. The highest BCUT2D eigenvalue weighted by Crippen LogP contribution is 2.33. The van der Waals surface area contributed by atoms with Gasteiger partial charge in [0.2, 0.25) is 11.8 Å². The van der Waals surface area contributed by atoms with Gasteiger partial charge >= 0.3 is 11.9 Å². The smallest absolute Gasteiger partial charge is 0.338 e. The summed E-state index contributed by atoms with van der Waals surface area (Å²) >= 11 is 1.13. The first-order chi connectivity index (χ1) is 20.2. The number of amidine groups is 1. The van der Waals surface area contributed by atoms with Crippen molar-refractivity contribution < 1.29 is 38.5 Å². The monoisotopic (exact) mass is 591 g/mol. The zero-order chi connectivity index (χ0) is 30.2. The molecule has 1 aliphatic rings. The molecule has 0 spiro atoms. The van der Waals surface area contributed by atoms with E-state index in [0.717, 1.165) is 17.3 Å². The fraction of sp³-hybridized carbons (Fsp3) is 0.233. The second-order valence-electron chi connectivity index (χ2n) is 9.01. The summed E-state index contributed by atoms with van der Waals surface area (Å²) < 4.78 is 15.7. The first-order valence-corrected chi connectivity index (χ1v) is 13.8. The van der Waals surface area contributed by atoms with Crippen LogP contribution in [0.1, 0.15) is 39.6 Å². The van der Waals surface area contributed by atoms with Crippen molar-refractivity contribution in [3.8, 4) is 11.5 Å². The molecule has 0 saturated carbocycles. The van der Waals surface area contributed by atoms with E-state index in [0.29, 0.717) is 33.6 Å². The minimum Gasteiger partial charge on any atom is -0.493 e. The highest BCUT2D eigenvalue weighted by molar-refractivity contribution is 8.15. The van der Waals surface area contributed by atoms with Gasteiger partial charge in [-0.15, -0.1) is 0 Å². The average Bonchev–Trinajstić information content (AvgIpc) is 2.99. The number of carbonyl (C=O) groups excluding carboxylic acids is 3. The predicted molar refractivity (Wildman–Crippen MR) is 158 cm³/mol. The number of methoxy groups -OCH3 is 2. The molecular weight excluding hydrogens is 562 g/mol. The predicted octanol–water partition coefficient (Wildman–Crippen LogP) is 4.74. The fourth-order valence-corrected chi connectivity index (χ4v) is 5.17. The van der Waals surface area contributed by atoms with Gasteiger partial charge in [-0.25, -0.2) is 14.6 Å². The Morgan fingerprint density at radius 3 is 2.26 bits per heavy atom. The molecule has 218 valence electrons. The van der Waals surface area contributed by atoms with Crippen molar-refractivity contribution in [1.29, 1.82) is 0 Å². The van der Waals surface area contributed by atoms with Crippen LogP contribution in [0.3, 0.4) is 0 Å². The summed E-state index contributed by atoms with van der Waals surface area (Å²) in [6, 6.07) is 17.5. The minimum atomic E-state index is -1.08. The molecule has 4 rings (SSSR count). The number of esters is 1. The molecule has 1 fully saturated rings. The summed E-state index contributed by atoms with van der Waals surface area (Å²) in [5.41, 5.74) is 2.08. The minimum absolute atomic E-state index is 0.0855. The van der Waals surface area contributed by atoms with Gasteiger partial charge in [-0.3, -0.25) is 14.5 Å². The molecule has 11 nitrogen and oxygen atoms in total. The fourth-order valence-electron chi connectivity index (χ4n) is 4.07. The lowest BCUT2D eigenvalue weighted by molar-refractivity contribution is -0.129. The molecule has 3 aromatic carbocycles. The molecule has 1 heterocycles. The van der Waals surface area contributed by atoms with Crippen molar-refractivity contribution in [3.05, 3.63) is 83.4 Å². The molecule has 2 amide bonds. The van der Waals surface area contributed by atoms with Gasteiger partial charge in [0.1, 0.15) is 5.25 Å². The van der Waals surface area contributed by atoms with E-state index in [2.05, 4.69) is 10.3 Å². The van der Waals surface area contributed by atoms with E-state index in [1.54, 1.807) is 43.3 Å². The van der Waals surface area contributed by atoms with E-state index in [1.165, 1.54) is 43.4 Å². The summed E-state index contributed by atoms with van der Waals surface area (Å²) in [7, 11) is 3.06. The maximum atomic E-state index is 13.4. The normalized spacial score (nSPS) is 15.7. The number of nitrogens with zero attached hydrogens (tertiary/aromatic N) is 2. The second kappa shape index (κ2) is 13.7. The molecule has 1 saturated heterocycles. The summed E-state index contributed by atoms with van der Waals surface area (Å²) in [4.78, 5) is 56.0. The van der Waals surface area contributed by atoms with Crippen molar-refractivity contribution in [2.45, 2.75) is 25.1 Å². The van der Waals surface area contributed by atoms with Crippen LogP contribution in [-0.4, -0.2) is 65.0 Å². The van der Waals surface area contributed by atoms with Crippen molar-refractivity contribution in [2.75, 3.05) is 26.1 Å². The van der Waals surface area contributed by atoms with Crippen molar-refractivity contribution in [2.24, 2.45) is 4.99 Å². The lowest BCUT2D eigenvalue weighted by atomic mass is 10.1. The van der Waals surface area contributed by atoms with Crippen LogP contribution >= 0.6 is 11.8 Å². The number of anilines is 1. The number of rotatable bonds is 10. The van der Waals surface area contributed by atoms with Gasteiger partial charge in [0, 0.05) is 12.1 Å². The molecular formula is C30H29N3O8S. The molecule has 0 aromatic heterocycles. The number of thioether (sulfide) groups is 1. The summed E-state index contributed by atoms with van der Waals surface area (Å²) in [5, 5.41) is 11.4. The summed E-state index contributed by atoms with van der Waals surface area (Å²) in [6.45, 7) is 2.14. The van der Waals surface area contributed by atoms with Crippen molar-refractivity contribution in [1.82, 2.24) is 4.90 Å². The average molecular weight is 592 g/mol. The number of nitrogens with one attached hydrogen (secondary N) is 1. The number of hydrogen-bond donors (Lipinski definition) is 2. The van der Waals surface area contributed by atoms with Crippen LogP contribution < -0.4 is 14.8 Å². The van der Waals surface area contributed by atoms with Gasteiger partial charge in [-0.05, 0) is 73.2 Å². The second-order valence-corrected chi connectivity index (χ2v) is 10.2. The Balaban J connectivity index is 1.61. The highest BCUT2D eigenvalue weighted by Gasteiger charge is 2.36. The third-order valence-corrected chi connectivity index (χ3v) is 7.41. The van der Waals surface area contributed by atoms with Crippen LogP contribution in [0.2, 0.25) is 0 Å². The van der Waals surface area contributed by atoms with Crippen LogP contribution in [0, 0.1) is 0 Å². The zero-order valence-electron chi connectivity index (χ0n) is 23.2. The number of carbonyl (C=O) groups is 4. The molecule has 1 atom stereocenters. The Labute approximate surface area is 246 Å². The van der Waals surface area contributed by atoms with E-state index in [1.807, 2.05) is 6.07 Å². The van der Waals surface area contributed by atoms with Crippen molar-refractivity contribution in [3.63, 3.8) is 0 Å². The third kappa shape index (κ3) is 7.26. The largest absolute Gasteiger partial charge is 0.493 e. The Morgan fingerprint density at radius 2 is 1.64 bits per heavy atom. The van der Waals surface area contributed by atoms with E-state index < -0.39 is 23.1 Å². The number of aliphatic imine (C=N–C) groups is 1. The first kappa shape index (κ1) is 30.1. The molecule has 2 N–H and O–H groups in total. The van der Waals surface area contributed by atoms with Crippen LogP contribution in [0.15, 0.2) is 71.7 Å². The van der Waals surface area contributed by atoms with Crippen LogP contribution in [0.4, 0.5) is 11.4 Å². The number of hydrogen-bond acceptors (Lipinski definition) is 9. The Hall–Kier alpha value is -4.84. The van der Waals surface area contributed by atoms with E-state index in [9.17, 15) is 19.2 Å². The van der Waals surface area contributed by atoms with Crippen LogP contribution in [0.5, 0.6) is 11.5 Å². The molecule has 0 aliphatic carbocycles. The lowest BCUT2D eigenvalue weighted by Gasteiger charge is -2.32. The molecule has 0 bridgehead atoms. The SMILES string of the molecule is CCOC(=O)c1ccc(N=C2S[C@H](C(=O)Nc3ccc(C(=O)O)cc3)CC(=O)N2Cc2ccc(OC)c(OC)c2)cc1. The van der Waals surface area contributed by atoms with Crippen LogP contribution in [-0.2, 0) is 20.9 Å². The highest BCUT2D eigenvalue weighted by atomic mass is 32.2. The van der Waals surface area contributed by atoms with E-state index in [-0.39, 0.29) is 31.0 Å². The number of ether oxygens (including phenoxy) is 3. The van der Waals surface area contributed by atoms with E-state index >= 15 is 0 Å². The topological polar surface area (TPSA) is 144 Å².